The van der Waals surface area contributed by atoms with Crippen LogP contribution in [0, 0.1) is 5.41 Å². The number of pyridine rings is 1. The van der Waals surface area contributed by atoms with Crippen LogP contribution >= 0.6 is 23.2 Å². The minimum atomic E-state index is -0.973. The Labute approximate surface area is 162 Å². The van der Waals surface area contributed by atoms with Gasteiger partial charge in [-0.25, -0.2) is 0 Å². The summed E-state index contributed by atoms with van der Waals surface area (Å²) in [4.78, 5) is 16.2. The molecule has 1 aliphatic carbocycles. The zero-order valence-electron chi connectivity index (χ0n) is 14.6. The van der Waals surface area contributed by atoms with Gasteiger partial charge >= 0.3 is 0 Å². The van der Waals surface area contributed by atoms with Gasteiger partial charge in [-0.1, -0.05) is 6.07 Å². The van der Waals surface area contributed by atoms with Crippen molar-refractivity contribution in [3.05, 3.63) is 53.9 Å². The summed E-state index contributed by atoms with van der Waals surface area (Å²) in [5.74, 6) is 1.08. The number of alkyl halides is 2. The van der Waals surface area contributed by atoms with Crippen LogP contribution in [-0.2, 0) is 17.9 Å². The Bertz CT molecular complexity index is 799. The molecule has 1 heterocycles. The normalized spacial score (nSPS) is 20.3. The van der Waals surface area contributed by atoms with Gasteiger partial charge in [0.25, 0.3) is 0 Å². The molecule has 7 heteroatoms. The van der Waals surface area contributed by atoms with Gasteiger partial charge in [-0.05, 0) is 48.7 Å². The molecule has 1 saturated carbocycles. The van der Waals surface area contributed by atoms with E-state index in [1.165, 1.54) is 0 Å². The minimum absolute atomic E-state index is 0.153. The summed E-state index contributed by atoms with van der Waals surface area (Å²) >= 11 is 12.1. The Morgan fingerprint density at radius 2 is 1.88 bits per heavy atom. The number of hydrogen-bond acceptors (Lipinski definition) is 4. The summed E-state index contributed by atoms with van der Waals surface area (Å²) in [5.41, 5.74) is 1.18. The molecule has 1 amide bonds. The lowest BCUT2D eigenvalue weighted by Crippen LogP contribution is -2.32. The summed E-state index contributed by atoms with van der Waals surface area (Å²) in [6.07, 6.45) is 3.90. The first-order valence-electron chi connectivity index (χ1n) is 8.20. The summed E-state index contributed by atoms with van der Waals surface area (Å²) in [6, 6.07) is 9.33. The van der Waals surface area contributed by atoms with Gasteiger partial charge < -0.3 is 14.8 Å². The van der Waals surface area contributed by atoms with E-state index in [0.717, 1.165) is 11.1 Å². The number of rotatable bonds is 7. The number of nitrogens with one attached hydrogen (secondary N) is 1. The molecule has 1 fully saturated rings. The molecule has 2 aromatic rings. The summed E-state index contributed by atoms with van der Waals surface area (Å²) in [6.45, 7) is 2.54. The fraction of sp³-hybridized carbons (Fsp3) is 0.368. The van der Waals surface area contributed by atoms with Crippen LogP contribution in [-0.4, -0.2) is 22.3 Å². The molecular weight excluding hydrogens is 375 g/mol. The highest BCUT2D eigenvalue weighted by atomic mass is 35.5. The predicted molar refractivity (Wildman–Crippen MR) is 101 cm³/mol. The first-order valence-corrected chi connectivity index (χ1v) is 8.96. The van der Waals surface area contributed by atoms with Gasteiger partial charge in [-0.15, -0.1) is 23.2 Å². The number of amides is 1. The number of aromatic nitrogens is 1. The van der Waals surface area contributed by atoms with Crippen molar-refractivity contribution < 1.29 is 14.3 Å². The molecule has 0 aliphatic heterocycles. The minimum Gasteiger partial charge on any atom is -0.493 e. The maximum Gasteiger partial charge on any atom is 0.229 e. The molecule has 0 saturated heterocycles. The van der Waals surface area contributed by atoms with Crippen LogP contribution in [0.3, 0.4) is 0 Å². The van der Waals surface area contributed by atoms with Crippen molar-refractivity contribution in [2.45, 2.75) is 30.8 Å². The lowest BCUT2D eigenvalue weighted by Gasteiger charge is -2.15. The second-order valence-corrected chi connectivity index (χ2v) is 8.01. The van der Waals surface area contributed by atoms with Crippen LogP contribution in [0.1, 0.15) is 24.5 Å². The van der Waals surface area contributed by atoms with Crippen LogP contribution in [0.5, 0.6) is 11.5 Å². The van der Waals surface area contributed by atoms with E-state index >= 15 is 0 Å². The Morgan fingerprint density at radius 1 is 1.19 bits per heavy atom. The van der Waals surface area contributed by atoms with E-state index in [1.54, 1.807) is 26.4 Å². The van der Waals surface area contributed by atoms with Gasteiger partial charge in [0.05, 0.1) is 12.5 Å². The number of benzene rings is 1. The zero-order chi connectivity index (χ0) is 18.8. The highest BCUT2D eigenvalue weighted by Gasteiger charge is 2.67. The smallest absolute Gasteiger partial charge is 0.229 e. The quantitative estimate of drug-likeness (QED) is 0.724. The predicted octanol–water partition coefficient (Wildman–Crippen LogP) is 3.87. The van der Waals surface area contributed by atoms with Crippen molar-refractivity contribution in [2.24, 2.45) is 5.41 Å². The molecule has 138 valence electrons. The van der Waals surface area contributed by atoms with Crippen LogP contribution in [0.4, 0.5) is 0 Å². The number of nitrogens with zero attached hydrogens (tertiary/aromatic N) is 1. The van der Waals surface area contributed by atoms with Gasteiger partial charge in [-0.3, -0.25) is 9.78 Å². The molecular formula is C19H20Cl2N2O3. The van der Waals surface area contributed by atoms with Gasteiger partial charge in [0.2, 0.25) is 5.91 Å². The Kier molecular flexibility index (Phi) is 5.30. The second-order valence-electron chi connectivity index (χ2n) is 6.53. The first-order chi connectivity index (χ1) is 12.4. The highest BCUT2D eigenvalue weighted by molar-refractivity contribution is 6.53. The number of halogens is 2. The van der Waals surface area contributed by atoms with Crippen molar-refractivity contribution in [3.8, 4) is 11.5 Å². The summed E-state index contributed by atoms with van der Waals surface area (Å²) in [5, 5.41) is 2.87. The fourth-order valence-electron chi connectivity index (χ4n) is 2.60. The molecule has 1 N–H and O–H groups in total. The van der Waals surface area contributed by atoms with Crippen molar-refractivity contribution in [1.82, 2.24) is 10.3 Å². The van der Waals surface area contributed by atoms with E-state index in [4.69, 9.17) is 32.7 Å². The zero-order valence-corrected chi connectivity index (χ0v) is 16.1. The van der Waals surface area contributed by atoms with E-state index in [9.17, 15) is 4.79 Å². The molecule has 0 bridgehead atoms. The molecule has 1 aliphatic rings. The highest BCUT2D eigenvalue weighted by Crippen LogP contribution is 2.63. The molecule has 3 rings (SSSR count). The molecule has 1 aromatic carbocycles. The van der Waals surface area contributed by atoms with E-state index in [1.807, 2.05) is 30.3 Å². The molecule has 1 atom stereocenters. The molecule has 0 spiro atoms. The Morgan fingerprint density at radius 3 is 2.50 bits per heavy atom. The van der Waals surface area contributed by atoms with Crippen LogP contribution in [0.2, 0.25) is 0 Å². The van der Waals surface area contributed by atoms with Crippen LogP contribution in [0.15, 0.2) is 42.7 Å². The summed E-state index contributed by atoms with van der Waals surface area (Å²) in [7, 11) is 1.58. The molecule has 0 radical (unpaired) electrons. The van der Waals surface area contributed by atoms with E-state index < -0.39 is 9.75 Å². The molecule has 1 aromatic heterocycles. The molecule has 1 unspecified atom stereocenters. The van der Waals surface area contributed by atoms with E-state index in [-0.39, 0.29) is 5.91 Å². The Balaban J connectivity index is 1.60. The van der Waals surface area contributed by atoms with Crippen molar-refractivity contribution in [2.75, 3.05) is 7.11 Å². The second kappa shape index (κ2) is 7.33. The third-order valence-corrected chi connectivity index (χ3v) is 5.69. The molecule has 5 nitrogen and oxygen atoms in total. The lowest BCUT2D eigenvalue weighted by molar-refractivity contribution is -0.125. The van der Waals surface area contributed by atoms with Gasteiger partial charge in [0.1, 0.15) is 10.9 Å². The number of hydrogen-bond donors (Lipinski definition) is 1. The van der Waals surface area contributed by atoms with Crippen molar-refractivity contribution in [3.63, 3.8) is 0 Å². The van der Waals surface area contributed by atoms with Crippen LogP contribution in [0.25, 0.3) is 0 Å². The van der Waals surface area contributed by atoms with Crippen LogP contribution < -0.4 is 14.8 Å². The largest absolute Gasteiger partial charge is 0.493 e. The fourth-order valence-corrected chi connectivity index (χ4v) is 3.31. The monoisotopic (exact) mass is 394 g/mol. The Hall–Kier alpha value is -1.98. The average Bonchev–Trinajstić information content (AvgIpc) is 3.18. The van der Waals surface area contributed by atoms with E-state index in [2.05, 4.69) is 10.3 Å². The molecule has 26 heavy (non-hydrogen) atoms. The summed E-state index contributed by atoms with van der Waals surface area (Å²) < 4.78 is 10.2. The standard InChI is InChI=1S/C19H20Cl2N2O3/c1-18(12-19(18,20)21)17(24)23-10-14-3-4-15(16(9-14)25-2)26-11-13-5-7-22-8-6-13/h3-9H,10-12H2,1-2H3,(H,23,24). The third kappa shape index (κ3) is 3.89. The van der Waals surface area contributed by atoms with Gasteiger partial charge in [0, 0.05) is 18.9 Å². The van der Waals surface area contributed by atoms with Crippen molar-refractivity contribution >= 4 is 29.1 Å². The maximum absolute atomic E-state index is 12.3. The number of methoxy groups -OCH3 is 1. The topological polar surface area (TPSA) is 60.5 Å². The third-order valence-electron chi connectivity index (χ3n) is 4.58. The van der Waals surface area contributed by atoms with E-state index in [0.29, 0.717) is 31.1 Å². The number of ether oxygens (including phenoxy) is 2. The lowest BCUT2D eigenvalue weighted by atomic mass is 10.1. The average molecular weight is 395 g/mol. The number of carbonyl (C=O) groups is 1. The first kappa shape index (κ1) is 18.8. The van der Waals surface area contributed by atoms with Gasteiger partial charge in [0.15, 0.2) is 11.5 Å². The van der Waals surface area contributed by atoms with Gasteiger partial charge in [-0.2, -0.15) is 0 Å². The maximum atomic E-state index is 12.3. The SMILES string of the molecule is COc1cc(CNC(=O)C2(C)CC2(Cl)Cl)ccc1OCc1ccncc1. The number of carbonyl (C=O) groups excluding carboxylic acids is 1. The van der Waals surface area contributed by atoms with Crippen molar-refractivity contribution in [1.29, 1.82) is 0 Å².